The first-order chi connectivity index (χ1) is 7.21. The van der Waals surface area contributed by atoms with Crippen LogP contribution >= 0.6 is 0 Å². The fourth-order valence-corrected chi connectivity index (χ4v) is 1.63. The quantitative estimate of drug-likeness (QED) is 0.688. The summed E-state index contributed by atoms with van der Waals surface area (Å²) >= 11 is 0. The van der Waals surface area contributed by atoms with Gasteiger partial charge >= 0.3 is 0 Å². The van der Waals surface area contributed by atoms with Crippen LogP contribution < -0.4 is 0 Å². The van der Waals surface area contributed by atoms with E-state index in [2.05, 4.69) is 0 Å². The number of halogens is 2. The fourth-order valence-electron chi connectivity index (χ4n) is 1.28. The molecule has 1 heterocycles. The maximum Gasteiger partial charge on any atom is 0.244 e. The van der Waals surface area contributed by atoms with Gasteiger partial charge in [-0.05, 0) is 0 Å². The van der Waals surface area contributed by atoms with Gasteiger partial charge in [-0.15, -0.1) is 0 Å². The first kappa shape index (κ1) is 13.3. The summed E-state index contributed by atoms with van der Waals surface area (Å²) in [6.45, 7) is -0.281. The molecule has 0 aliphatic carbocycles. The molecule has 0 unspecified atom stereocenters. The highest BCUT2D eigenvalue weighted by Crippen LogP contribution is 2.22. The van der Waals surface area contributed by atoms with Crippen molar-refractivity contribution in [2.24, 2.45) is 5.92 Å². The van der Waals surface area contributed by atoms with Gasteiger partial charge in [0.05, 0.1) is 18.7 Å². The maximum absolute atomic E-state index is 12.1. The highest BCUT2D eigenvalue weighted by molar-refractivity contribution is 7.88. The lowest BCUT2D eigenvalue weighted by Crippen LogP contribution is -2.55. The third-order valence-corrected chi connectivity index (χ3v) is 3.80. The van der Waals surface area contributed by atoms with E-state index < -0.39 is 28.3 Å². The van der Waals surface area contributed by atoms with Crippen molar-refractivity contribution in [3.63, 3.8) is 0 Å². The van der Waals surface area contributed by atoms with Gasteiger partial charge in [0, 0.05) is 20.1 Å². The molecule has 0 N–H and O–H groups in total. The predicted molar refractivity (Wildman–Crippen MR) is 53.5 cm³/mol. The minimum Gasteiger partial charge on any atom is -0.340 e. The van der Waals surface area contributed by atoms with Gasteiger partial charge in [-0.3, -0.25) is 4.79 Å². The number of alkyl halides is 2. The van der Waals surface area contributed by atoms with Gasteiger partial charge in [0.2, 0.25) is 22.4 Å². The second-order valence-corrected chi connectivity index (χ2v) is 6.00. The first-order valence-electron chi connectivity index (χ1n) is 4.69. The lowest BCUT2D eigenvalue weighted by molar-refractivity contribution is -0.141. The van der Waals surface area contributed by atoms with Gasteiger partial charge in [0.25, 0.3) is 0 Å². The molecule has 0 spiro atoms. The van der Waals surface area contributed by atoms with Gasteiger partial charge in [0.1, 0.15) is 0 Å². The molecule has 1 aliphatic rings. The SMILES string of the molecule is CN(CC(=O)N1CC(C(F)F)C1)S(C)(=O)=O. The molecule has 0 saturated carbocycles. The van der Waals surface area contributed by atoms with Crippen molar-refractivity contribution in [2.45, 2.75) is 6.43 Å². The largest absolute Gasteiger partial charge is 0.340 e. The van der Waals surface area contributed by atoms with Crippen molar-refractivity contribution < 1.29 is 22.0 Å². The van der Waals surface area contributed by atoms with Gasteiger partial charge in [-0.25, -0.2) is 17.2 Å². The number of sulfonamides is 1. The van der Waals surface area contributed by atoms with Crippen molar-refractivity contribution in [3.05, 3.63) is 0 Å². The smallest absolute Gasteiger partial charge is 0.244 e. The van der Waals surface area contributed by atoms with Crippen molar-refractivity contribution in [1.29, 1.82) is 0 Å². The summed E-state index contributed by atoms with van der Waals surface area (Å²) in [7, 11) is -2.13. The van der Waals surface area contributed by atoms with E-state index in [4.69, 9.17) is 0 Å². The Morgan fingerprint density at radius 3 is 2.38 bits per heavy atom. The van der Waals surface area contributed by atoms with Gasteiger partial charge in [-0.2, -0.15) is 4.31 Å². The van der Waals surface area contributed by atoms with Gasteiger partial charge in [0.15, 0.2) is 0 Å². The van der Waals surface area contributed by atoms with Crippen LogP contribution in [0.25, 0.3) is 0 Å². The Hall–Kier alpha value is -0.760. The molecule has 1 saturated heterocycles. The summed E-state index contributed by atoms with van der Waals surface area (Å²) in [5.74, 6) is -1.21. The van der Waals surface area contributed by atoms with Crippen LogP contribution in [-0.2, 0) is 14.8 Å². The fraction of sp³-hybridized carbons (Fsp3) is 0.875. The van der Waals surface area contributed by atoms with E-state index in [9.17, 15) is 22.0 Å². The second-order valence-electron chi connectivity index (χ2n) is 3.91. The third kappa shape index (κ3) is 3.11. The number of likely N-dealkylation sites (tertiary alicyclic amines) is 1. The van der Waals surface area contributed by atoms with Gasteiger partial charge < -0.3 is 4.90 Å². The molecular formula is C8H14F2N2O3S. The molecule has 1 amide bonds. The topological polar surface area (TPSA) is 57.7 Å². The van der Waals surface area contributed by atoms with Crippen molar-refractivity contribution in [2.75, 3.05) is 32.9 Å². The summed E-state index contributed by atoms with van der Waals surface area (Å²) in [6.07, 6.45) is -1.44. The average Bonchev–Trinajstić information content (AvgIpc) is 1.97. The maximum atomic E-state index is 12.1. The molecule has 0 bridgehead atoms. The van der Waals surface area contributed by atoms with Crippen molar-refractivity contribution >= 4 is 15.9 Å². The van der Waals surface area contributed by atoms with E-state index in [0.717, 1.165) is 10.6 Å². The summed E-state index contributed by atoms with van der Waals surface area (Å²) < 4.78 is 47.1. The molecule has 0 atom stereocenters. The molecule has 16 heavy (non-hydrogen) atoms. The van der Waals surface area contributed by atoms with Crippen molar-refractivity contribution in [3.8, 4) is 0 Å². The van der Waals surface area contributed by atoms with E-state index >= 15 is 0 Å². The Bertz CT molecular complexity index is 365. The number of likely N-dealkylation sites (N-methyl/N-ethyl adjacent to an activating group) is 1. The number of hydrogen-bond acceptors (Lipinski definition) is 3. The molecule has 0 radical (unpaired) electrons. The Kier molecular flexibility index (Phi) is 3.84. The Morgan fingerprint density at radius 2 is 2.00 bits per heavy atom. The monoisotopic (exact) mass is 256 g/mol. The minimum absolute atomic E-state index is 0.00804. The molecule has 1 rings (SSSR count). The summed E-state index contributed by atoms with van der Waals surface area (Å²) in [5.41, 5.74) is 0. The van der Waals surface area contributed by atoms with Crippen molar-refractivity contribution in [1.82, 2.24) is 9.21 Å². The molecule has 0 aromatic rings. The number of carbonyl (C=O) groups excluding carboxylic acids is 1. The highest BCUT2D eigenvalue weighted by Gasteiger charge is 2.37. The zero-order valence-electron chi connectivity index (χ0n) is 9.06. The Morgan fingerprint density at radius 1 is 1.50 bits per heavy atom. The Labute approximate surface area is 93.1 Å². The van der Waals surface area contributed by atoms with Crippen LogP contribution in [0.3, 0.4) is 0 Å². The van der Waals surface area contributed by atoms with E-state index in [1.807, 2.05) is 0 Å². The second kappa shape index (κ2) is 4.62. The number of carbonyl (C=O) groups is 1. The Balaban J connectivity index is 2.39. The van der Waals surface area contributed by atoms with E-state index in [-0.39, 0.29) is 19.6 Å². The molecule has 8 heteroatoms. The summed E-state index contributed by atoms with van der Waals surface area (Å²) in [4.78, 5) is 12.7. The summed E-state index contributed by atoms with van der Waals surface area (Å²) in [6, 6.07) is 0. The molecule has 0 aromatic carbocycles. The molecule has 1 aliphatic heterocycles. The average molecular weight is 256 g/mol. The lowest BCUT2D eigenvalue weighted by Gasteiger charge is -2.39. The zero-order chi connectivity index (χ0) is 12.5. The van der Waals surface area contributed by atoms with Crippen LogP contribution in [0.1, 0.15) is 0 Å². The number of hydrogen-bond donors (Lipinski definition) is 0. The predicted octanol–water partition coefficient (Wildman–Crippen LogP) is -0.399. The van der Waals surface area contributed by atoms with Gasteiger partial charge in [-0.1, -0.05) is 0 Å². The summed E-state index contributed by atoms with van der Waals surface area (Å²) in [5, 5.41) is 0. The van der Waals surface area contributed by atoms with Crippen LogP contribution in [0.4, 0.5) is 8.78 Å². The van der Waals surface area contributed by atoms with Crippen LogP contribution in [0, 0.1) is 5.92 Å². The third-order valence-electron chi connectivity index (χ3n) is 2.54. The van der Waals surface area contributed by atoms with Crippen LogP contribution in [0.15, 0.2) is 0 Å². The standard InChI is InChI=1S/C8H14F2N2O3S/c1-11(16(2,14)15)5-7(13)12-3-6(4-12)8(9)10/h6,8H,3-5H2,1-2H3. The molecule has 0 aromatic heterocycles. The molecule has 5 nitrogen and oxygen atoms in total. The number of amides is 1. The first-order valence-corrected chi connectivity index (χ1v) is 6.54. The van der Waals surface area contributed by atoms with Crippen LogP contribution in [0.2, 0.25) is 0 Å². The number of rotatable bonds is 4. The van der Waals surface area contributed by atoms with Crippen LogP contribution in [-0.4, -0.2) is 62.9 Å². The molecular weight excluding hydrogens is 242 g/mol. The molecule has 94 valence electrons. The van der Waals surface area contributed by atoms with Crippen LogP contribution in [0.5, 0.6) is 0 Å². The lowest BCUT2D eigenvalue weighted by atomic mass is 10.0. The number of nitrogens with zero attached hydrogens (tertiary/aromatic N) is 2. The van der Waals surface area contributed by atoms with E-state index in [1.54, 1.807) is 0 Å². The highest BCUT2D eigenvalue weighted by atomic mass is 32.2. The zero-order valence-corrected chi connectivity index (χ0v) is 9.88. The minimum atomic E-state index is -3.41. The van der Waals surface area contributed by atoms with E-state index in [0.29, 0.717) is 0 Å². The normalized spacial score (nSPS) is 18.0. The van der Waals surface area contributed by atoms with E-state index in [1.165, 1.54) is 11.9 Å². The molecule has 1 fully saturated rings.